The number of fused-ring (bicyclic) bond motifs is 1. The first kappa shape index (κ1) is 30.2. The third-order valence-electron chi connectivity index (χ3n) is 7.47. The highest BCUT2D eigenvalue weighted by atomic mass is 19.4. The highest BCUT2D eigenvalue weighted by Crippen LogP contribution is 2.44. The Labute approximate surface area is 236 Å². The van der Waals surface area contributed by atoms with E-state index in [-0.39, 0.29) is 37.0 Å². The van der Waals surface area contributed by atoms with E-state index in [1.165, 1.54) is 18.7 Å². The lowest BCUT2D eigenvalue weighted by Gasteiger charge is -2.40. The summed E-state index contributed by atoms with van der Waals surface area (Å²) < 4.78 is 53.7. The van der Waals surface area contributed by atoms with Crippen LogP contribution < -0.4 is 15.0 Å². The van der Waals surface area contributed by atoms with Gasteiger partial charge in [0.2, 0.25) is 0 Å². The van der Waals surface area contributed by atoms with Gasteiger partial charge in [0.05, 0.1) is 22.9 Å². The SMILES string of the molecule is COCCCCN1C(=O)C(C)(C)Oc2cc(C(F)(F)F)c(C(=O)N[C@@H]3CN(C(=O)O)CC[C@H]3c3ccccc3)cc21. The number of piperidine rings is 1. The van der Waals surface area contributed by atoms with E-state index in [2.05, 4.69) is 5.32 Å². The summed E-state index contributed by atoms with van der Waals surface area (Å²) in [5.41, 5.74) is -2.38. The molecule has 3 amide bonds. The van der Waals surface area contributed by atoms with E-state index < -0.39 is 46.9 Å². The van der Waals surface area contributed by atoms with Crippen molar-refractivity contribution >= 4 is 23.6 Å². The minimum atomic E-state index is -4.90. The van der Waals surface area contributed by atoms with Gasteiger partial charge in [-0.1, -0.05) is 30.3 Å². The number of hydrogen-bond acceptors (Lipinski definition) is 5. The molecule has 0 aromatic heterocycles. The van der Waals surface area contributed by atoms with Gasteiger partial charge in [-0.2, -0.15) is 13.2 Å². The number of ether oxygens (including phenoxy) is 2. The fourth-order valence-corrected chi connectivity index (χ4v) is 5.39. The first-order valence-corrected chi connectivity index (χ1v) is 13.4. The fourth-order valence-electron chi connectivity index (χ4n) is 5.39. The van der Waals surface area contributed by atoms with Crippen molar-refractivity contribution in [2.45, 2.75) is 56.8 Å². The third kappa shape index (κ3) is 6.58. The second kappa shape index (κ2) is 12.0. The molecule has 0 radical (unpaired) electrons. The Hall–Kier alpha value is -3.80. The lowest BCUT2D eigenvalue weighted by Crippen LogP contribution is -2.53. The van der Waals surface area contributed by atoms with Crippen molar-refractivity contribution in [3.63, 3.8) is 0 Å². The molecule has 0 saturated carbocycles. The van der Waals surface area contributed by atoms with Gasteiger partial charge in [-0.05, 0) is 50.8 Å². The van der Waals surface area contributed by atoms with Crippen LogP contribution in [0.1, 0.15) is 60.5 Å². The number of unbranched alkanes of at least 4 members (excludes halogenated alkanes) is 1. The number of nitrogens with one attached hydrogen (secondary N) is 1. The van der Waals surface area contributed by atoms with E-state index in [9.17, 15) is 32.7 Å². The highest BCUT2D eigenvalue weighted by Gasteiger charge is 2.45. The monoisotopic (exact) mass is 577 g/mol. The topological polar surface area (TPSA) is 108 Å². The Kier molecular flexibility index (Phi) is 8.81. The number of carbonyl (C=O) groups is 3. The van der Waals surface area contributed by atoms with Crippen LogP contribution >= 0.6 is 0 Å². The maximum atomic E-state index is 14.3. The Morgan fingerprint density at radius 1 is 1.17 bits per heavy atom. The minimum absolute atomic E-state index is 0.0697. The number of methoxy groups -OCH3 is 1. The molecule has 2 aromatic rings. The summed E-state index contributed by atoms with van der Waals surface area (Å²) in [5.74, 6) is -1.93. The number of rotatable bonds is 8. The molecule has 2 N–H and O–H groups in total. The van der Waals surface area contributed by atoms with Crippen molar-refractivity contribution in [1.29, 1.82) is 0 Å². The van der Waals surface area contributed by atoms with Crippen LogP contribution in [0.5, 0.6) is 5.75 Å². The fraction of sp³-hybridized carbons (Fsp3) is 0.483. The second-order valence-electron chi connectivity index (χ2n) is 10.7. The summed E-state index contributed by atoms with van der Waals surface area (Å²) in [6.07, 6.45) is -4.57. The lowest BCUT2D eigenvalue weighted by molar-refractivity contribution is -0.138. The summed E-state index contributed by atoms with van der Waals surface area (Å²) in [7, 11) is 1.55. The number of anilines is 1. The number of carbonyl (C=O) groups excluding carboxylic acids is 2. The first-order chi connectivity index (χ1) is 19.3. The van der Waals surface area contributed by atoms with Crippen molar-refractivity contribution in [2.75, 3.05) is 38.3 Å². The summed E-state index contributed by atoms with van der Waals surface area (Å²) in [4.78, 5) is 41.0. The van der Waals surface area contributed by atoms with Crippen LogP contribution in [-0.2, 0) is 15.7 Å². The van der Waals surface area contributed by atoms with Gasteiger partial charge in [0.25, 0.3) is 11.8 Å². The van der Waals surface area contributed by atoms with Crippen LogP contribution in [0.4, 0.5) is 23.7 Å². The molecule has 0 spiro atoms. The maximum Gasteiger partial charge on any atom is 0.417 e. The summed E-state index contributed by atoms with van der Waals surface area (Å²) in [6.45, 7) is 3.74. The molecule has 0 aliphatic carbocycles. The van der Waals surface area contributed by atoms with E-state index in [0.717, 1.165) is 22.6 Å². The van der Waals surface area contributed by atoms with Gasteiger partial charge in [-0.15, -0.1) is 0 Å². The normalized spacial score (nSPS) is 20.3. The smallest absolute Gasteiger partial charge is 0.417 e. The van der Waals surface area contributed by atoms with Crippen LogP contribution in [0, 0.1) is 0 Å². The van der Waals surface area contributed by atoms with Gasteiger partial charge in [-0.3, -0.25) is 9.59 Å². The van der Waals surface area contributed by atoms with Gasteiger partial charge < -0.3 is 29.7 Å². The second-order valence-corrected chi connectivity index (χ2v) is 10.7. The van der Waals surface area contributed by atoms with Gasteiger partial charge in [0, 0.05) is 39.3 Å². The molecule has 1 saturated heterocycles. The molecule has 222 valence electrons. The lowest BCUT2D eigenvalue weighted by atomic mass is 9.85. The Balaban J connectivity index is 1.72. The molecule has 1 fully saturated rings. The number of amides is 3. The van der Waals surface area contributed by atoms with Gasteiger partial charge >= 0.3 is 12.3 Å². The number of hydrogen-bond donors (Lipinski definition) is 2. The van der Waals surface area contributed by atoms with Crippen molar-refractivity contribution in [1.82, 2.24) is 10.2 Å². The number of likely N-dealkylation sites (tertiary alicyclic amines) is 1. The Morgan fingerprint density at radius 2 is 1.88 bits per heavy atom. The first-order valence-electron chi connectivity index (χ1n) is 13.4. The number of carboxylic acid groups (broad SMARTS) is 1. The van der Waals surface area contributed by atoms with Gasteiger partial charge in [0.1, 0.15) is 5.75 Å². The van der Waals surface area contributed by atoms with Crippen LogP contribution in [0.3, 0.4) is 0 Å². The average molecular weight is 578 g/mol. The number of alkyl halides is 3. The number of halogens is 3. The van der Waals surface area contributed by atoms with Crippen LogP contribution in [-0.4, -0.2) is 72.9 Å². The zero-order valence-electron chi connectivity index (χ0n) is 23.2. The zero-order chi connectivity index (χ0) is 29.9. The van der Waals surface area contributed by atoms with Crippen LogP contribution in [0.15, 0.2) is 42.5 Å². The molecule has 2 atom stereocenters. The highest BCUT2D eigenvalue weighted by molar-refractivity contribution is 6.05. The van der Waals surface area contributed by atoms with E-state index in [1.807, 2.05) is 30.3 Å². The zero-order valence-corrected chi connectivity index (χ0v) is 23.2. The van der Waals surface area contributed by atoms with Gasteiger partial charge in [0.15, 0.2) is 5.60 Å². The quantitative estimate of drug-likeness (QED) is 0.432. The largest absolute Gasteiger partial charge is 0.476 e. The molecule has 2 aliphatic rings. The van der Waals surface area contributed by atoms with E-state index in [1.54, 1.807) is 7.11 Å². The molecule has 12 heteroatoms. The average Bonchev–Trinajstić information content (AvgIpc) is 2.92. The predicted octanol–water partition coefficient (Wildman–Crippen LogP) is 4.90. The molecule has 0 unspecified atom stereocenters. The van der Waals surface area contributed by atoms with Crippen LogP contribution in [0.2, 0.25) is 0 Å². The van der Waals surface area contributed by atoms with E-state index >= 15 is 0 Å². The van der Waals surface area contributed by atoms with E-state index in [4.69, 9.17) is 9.47 Å². The van der Waals surface area contributed by atoms with Crippen molar-refractivity contribution in [2.24, 2.45) is 0 Å². The molecule has 2 aliphatic heterocycles. The molecule has 9 nitrogen and oxygen atoms in total. The standard InChI is InChI=1S/C29H34F3N3O6/c1-28(2)26(37)35(12-7-8-14-40-3)23-15-20(21(29(30,31)32)16-24(23)41-28)25(36)33-22-17-34(27(38)39)13-11-19(22)18-9-5-4-6-10-18/h4-6,9-10,15-16,19,22H,7-8,11-14,17H2,1-3H3,(H,33,36)(H,38,39)/t19-,22+/m0/s1. The summed E-state index contributed by atoms with van der Waals surface area (Å²) in [6, 6.07) is 10.1. The summed E-state index contributed by atoms with van der Waals surface area (Å²) >= 11 is 0. The Morgan fingerprint density at radius 3 is 2.51 bits per heavy atom. The summed E-state index contributed by atoms with van der Waals surface area (Å²) in [5, 5.41) is 12.2. The van der Waals surface area contributed by atoms with Gasteiger partial charge in [-0.25, -0.2) is 4.79 Å². The maximum absolute atomic E-state index is 14.3. The molecule has 41 heavy (non-hydrogen) atoms. The molecule has 0 bridgehead atoms. The molecular formula is C29H34F3N3O6. The molecule has 2 aromatic carbocycles. The van der Waals surface area contributed by atoms with E-state index in [0.29, 0.717) is 25.9 Å². The molecule has 4 rings (SSSR count). The minimum Gasteiger partial charge on any atom is -0.476 e. The third-order valence-corrected chi connectivity index (χ3v) is 7.47. The molecular weight excluding hydrogens is 543 g/mol. The number of benzene rings is 2. The molecule has 2 heterocycles. The van der Waals surface area contributed by atoms with Crippen molar-refractivity contribution in [3.8, 4) is 5.75 Å². The predicted molar refractivity (Wildman–Crippen MR) is 144 cm³/mol. The van der Waals surface area contributed by atoms with Crippen LogP contribution in [0.25, 0.3) is 0 Å². The van der Waals surface area contributed by atoms with Crippen molar-refractivity contribution in [3.05, 3.63) is 59.2 Å². The number of nitrogens with zero attached hydrogens (tertiary/aromatic N) is 2. The van der Waals surface area contributed by atoms with Crippen molar-refractivity contribution < 1.29 is 42.1 Å². The Bertz CT molecular complexity index is 1280.